The number of carboxylic acid groups (broad SMARTS) is 2. The van der Waals surface area contributed by atoms with Crippen LogP contribution in [-0.4, -0.2) is 279 Å². The summed E-state index contributed by atoms with van der Waals surface area (Å²) in [6, 6.07) is -6.91. The average Bonchev–Trinajstić information content (AvgIpc) is 1.65. The van der Waals surface area contributed by atoms with Crippen LogP contribution < -0.4 is 108 Å². The van der Waals surface area contributed by atoms with Gasteiger partial charge in [0.15, 0.2) is 11.9 Å². The van der Waals surface area contributed by atoms with Gasteiger partial charge in [0.25, 0.3) is 0 Å². The van der Waals surface area contributed by atoms with Gasteiger partial charge in [0, 0.05) is 51.6 Å². The van der Waals surface area contributed by atoms with Crippen molar-refractivity contribution in [2.24, 2.45) is 22.9 Å². The quantitative estimate of drug-likeness (QED) is 0.0127. The number of phenolic OH excluding ortho intramolecular Hbond substituents is 2. The Morgan fingerprint density at radius 1 is 0.474 bits per heavy atom. The molecule has 116 heavy (non-hydrogen) atoms. The molecule has 1 aliphatic heterocycles. The molecule has 0 aliphatic carbocycles. The molecular formula is C68H101N23O24S. The SMILES string of the molecule is CC(=O)N[C@@H](CS)C(=O)NCC(=O)NCC(=O)N[C@@H](CC(N)=O)C(=O)NCC(=O)N[C@@H](CCC(=O)O)C(=O)N1CCC[C@H]1C(=O)N[C@@H](CCCNC(=N)N)C(=O)NCC(=O)N[C@@H](CC(=O)O)C(=O)N[C@H](C(=O)N[C@@H](Cc1ccc(O)cc1)C(=O)N[C@@H](CCCNC(=N)N)C(=O)N[C@@H](C)C(=O)N[C@@H](Cc1ccc(O)cc1)C(N)=O)[C@@H](C)O. The average molecular weight is 1660 g/mol. The first kappa shape index (κ1) is 97.0. The van der Waals surface area contributed by atoms with Crippen molar-refractivity contribution in [2.45, 2.75) is 170 Å². The standard InChI is InChI=1S/C68H101N23O24S/c1-32(57(106)88-42(56(70)105)23-35-10-14-37(94)15-11-35)81-61(110)40(8-5-21-76-68(73)74)86-62(111)43(24-36-12-16-38(95)17-13-36)89-65(114)55(33(2)92)90-63(112)45(26-54(103)104)85-52(100)30-79-58(107)39(7-4-20-75-67(71)72)87-64(113)47-9-6-22-91(47)66(115)41(18-19-53(101)102)83-51(99)29-80-59(108)44(25-48(69)96)84-50(98)28-77-49(97)27-78-60(109)46(31-116)82-34(3)93/h10-17,32-33,39-47,55,92,94-95,116H,4-9,18-31H2,1-3H3,(H2,69,96)(H2,70,105)(H,77,97)(H,78,109)(H,79,107)(H,80,108)(H,81,110)(H,82,93)(H,83,99)(H,84,98)(H,85,100)(H,86,111)(H,87,113)(H,88,106)(H,89,114)(H,90,112)(H,101,102)(H,103,104)(H4,71,72,75)(H4,73,74,76)/t32-,33+,39-,40-,41-,42-,43-,44-,45-,46-,47-,55-/m0/s1. The molecule has 638 valence electrons. The molecule has 1 fully saturated rings. The highest BCUT2D eigenvalue weighted by Crippen LogP contribution is 2.21. The maximum Gasteiger partial charge on any atom is 0.305 e. The number of aromatic hydroxyl groups is 2. The van der Waals surface area contributed by atoms with E-state index < -0.39 is 255 Å². The number of amides is 17. The number of nitrogens with one attached hydrogen (secondary N) is 18. The zero-order valence-electron chi connectivity index (χ0n) is 63.4. The molecule has 0 unspecified atom stereocenters. The van der Waals surface area contributed by atoms with Gasteiger partial charge in [-0.1, -0.05) is 24.3 Å². The number of rotatable bonds is 50. The summed E-state index contributed by atoms with van der Waals surface area (Å²) in [6.07, 6.45) is -6.26. The normalized spacial score (nSPS) is 14.9. The first-order valence-corrected chi connectivity index (χ1v) is 36.6. The van der Waals surface area contributed by atoms with Crippen molar-refractivity contribution in [3.63, 3.8) is 0 Å². The Balaban J connectivity index is 1.80. The van der Waals surface area contributed by atoms with E-state index in [1.165, 1.54) is 55.5 Å². The molecule has 17 amide bonds. The smallest absolute Gasteiger partial charge is 0.305 e. The van der Waals surface area contributed by atoms with E-state index in [0.29, 0.717) is 5.56 Å². The number of aliphatic carboxylic acids is 2. The number of carboxylic acids is 2. The van der Waals surface area contributed by atoms with Gasteiger partial charge in [-0.2, -0.15) is 12.6 Å². The summed E-state index contributed by atoms with van der Waals surface area (Å²) in [4.78, 5) is 251. The molecule has 0 saturated carbocycles. The van der Waals surface area contributed by atoms with Crippen LogP contribution in [0.25, 0.3) is 0 Å². The molecule has 2 aromatic carbocycles. The molecular weight excluding hydrogens is 1550 g/mol. The number of thiol groups is 1. The van der Waals surface area contributed by atoms with Crippen LogP contribution in [0.2, 0.25) is 0 Å². The number of primary amides is 2. The number of benzene rings is 2. The predicted molar refractivity (Wildman–Crippen MR) is 407 cm³/mol. The van der Waals surface area contributed by atoms with E-state index in [-0.39, 0.29) is 87.4 Å². The predicted octanol–water partition coefficient (Wildman–Crippen LogP) is -11.2. The number of nitrogens with zero attached hydrogens (tertiary/aromatic N) is 1. The lowest BCUT2D eigenvalue weighted by molar-refractivity contribution is -0.143. The summed E-state index contributed by atoms with van der Waals surface area (Å²) in [6.45, 7) is -0.363. The van der Waals surface area contributed by atoms with Crippen LogP contribution in [0.5, 0.6) is 11.5 Å². The van der Waals surface area contributed by atoms with Crippen LogP contribution >= 0.6 is 12.6 Å². The highest BCUT2D eigenvalue weighted by molar-refractivity contribution is 7.80. The fraction of sp³-hybridized carbons (Fsp3) is 0.515. The molecule has 1 heterocycles. The summed E-state index contributed by atoms with van der Waals surface area (Å²) in [5, 5.41) is 102. The minimum atomic E-state index is -2.10. The van der Waals surface area contributed by atoms with Crippen molar-refractivity contribution < 1.29 is 117 Å². The van der Waals surface area contributed by atoms with Crippen molar-refractivity contribution >= 4 is 137 Å². The molecule has 31 N–H and O–H groups in total. The van der Waals surface area contributed by atoms with Gasteiger partial charge in [-0.25, -0.2) is 0 Å². The van der Waals surface area contributed by atoms with E-state index in [9.17, 15) is 117 Å². The number of guanidine groups is 2. The summed E-state index contributed by atoms with van der Waals surface area (Å²) in [5.41, 5.74) is 22.5. The maximum absolute atomic E-state index is 14.4. The summed E-state index contributed by atoms with van der Waals surface area (Å²) >= 11 is 3.96. The number of likely N-dealkylation sites (tertiary alicyclic amines) is 1. The van der Waals surface area contributed by atoms with Crippen LogP contribution in [0.3, 0.4) is 0 Å². The number of carbonyl (C=O) groups excluding carboxylic acids is 17. The van der Waals surface area contributed by atoms with E-state index in [4.69, 9.17) is 33.8 Å². The number of nitrogens with two attached hydrogens (primary N) is 4. The molecule has 1 saturated heterocycles. The van der Waals surface area contributed by atoms with Crippen molar-refractivity contribution in [3.8, 4) is 11.5 Å². The first-order valence-electron chi connectivity index (χ1n) is 36.0. The number of carbonyl (C=O) groups is 19. The van der Waals surface area contributed by atoms with E-state index in [1.54, 1.807) is 0 Å². The van der Waals surface area contributed by atoms with Gasteiger partial charge in [-0.15, -0.1) is 0 Å². The van der Waals surface area contributed by atoms with E-state index in [0.717, 1.165) is 18.7 Å². The highest BCUT2D eigenvalue weighted by atomic mass is 32.1. The molecule has 0 bridgehead atoms. The second-order valence-electron chi connectivity index (χ2n) is 26.4. The van der Waals surface area contributed by atoms with Gasteiger partial charge in [0.05, 0.1) is 45.1 Å². The third-order valence-electron chi connectivity index (χ3n) is 16.9. The minimum Gasteiger partial charge on any atom is -0.508 e. The number of phenols is 2. The second-order valence-corrected chi connectivity index (χ2v) is 26.8. The lowest BCUT2D eigenvalue weighted by atomic mass is 10.0. The lowest BCUT2D eigenvalue weighted by Crippen LogP contribution is -2.61. The molecule has 47 nitrogen and oxygen atoms in total. The van der Waals surface area contributed by atoms with Gasteiger partial charge in [-0.05, 0) is 94.2 Å². The molecule has 3 rings (SSSR count). The summed E-state index contributed by atoms with van der Waals surface area (Å²) in [7, 11) is 0. The molecule has 0 spiro atoms. The molecule has 48 heteroatoms. The minimum absolute atomic E-state index is 0.0163. The van der Waals surface area contributed by atoms with E-state index in [1.807, 2.05) is 0 Å². The monoisotopic (exact) mass is 1660 g/mol. The third-order valence-corrected chi connectivity index (χ3v) is 17.3. The fourth-order valence-corrected chi connectivity index (χ4v) is 11.3. The number of hydrogen-bond acceptors (Lipinski definition) is 25. The molecule has 0 radical (unpaired) electrons. The number of aliphatic hydroxyl groups is 1. The Labute approximate surface area is 667 Å². The zero-order chi connectivity index (χ0) is 87.1. The van der Waals surface area contributed by atoms with Crippen molar-refractivity contribution in [2.75, 3.05) is 51.6 Å². The Morgan fingerprint density at radius 3 is 1.39 bits per heavy atom. The van der Waals surface area contributed by atoms with Crippen molar-refractivity contribution in [1.82, 2.24) is 90.0 Å². The lowest BCUT2D eigenvalue weighted by Gasteiger charge is -2.30. The largest absolute Gasteiger partial charge is 0.508 e. The number of aliphatic hydroxyl groups excluding tert-OH is 1. The van der Waals surface area contributed by atoms with Gasteiger partial charge in [0.1, 0.15) is 78.0 Å². The Morgan fingerprint density at radius 2 is 0.914 bits per heavy atom. The summed E-state index contributed by atoms with van der Waals surface area (Å²) < 4.78 is 0. The number of hydrogen-bond donors (Lipinski definition) is 28. The van der Waals surface area contributed by atoms with Gasteiger partial charge in [0.2, 0.25) is 100 Å². The Bertz CT molecular complexity index is 3890. The van der Waals surface area contributed by atoms with Crippen molar-refractivity contribution in [3.05, 3.63) is 59.7 Å². The molecule has 2 aromatic rings. The first-order chi connectivity index (χ1) is 54.6. The van der Waals surface area contributed by atoms with Crippen molar-refractivity contribution in [1.29, 1.82) is 10.8 Å². The van der Waals surface area contributed by atoms with Crippen LogP contribution in [0.4, 0.5) is 0 Å². The molecule has 12 atom stereocenters. The second kappa shape index (κ2) is 49.3. The Kier molecular flexibility index (Phi) is 41.3. The maximum atomic E-state index is 14.4. The van der Waals surface area contributed by atoms with E-state index in [2.05, 4.69) is 97.7 Å². The highest BCUT2D eigenvalue weighted by Gasteiger charge is 2.41. The van der Waals surface area contributed by atoms with Crippen LogP contribution in [-0.2, 0) is 104 Å². The van der Waals surface area contributed by atoms with Gasteiger partial charge in [-0.3, -0.25) is 102 Å². The Hall–Kier alpha value is -13.2. The van der Waals surface area contributed by atoms with E-state index >= 15 is 0 Å². The van der Waals surface area contributed by atoms with Crippen LogP contribution in [0, 0.1) is 10.8 Å². The topological polar surface area (TPSA) is 773 Å². The third kappa shape index (κ3) is 36.5. The van der Waals surface area contributed by atoms with Crippen LogP contribution in [0.1, 0.15) is 96.1 Å². The van der Waals surface area contributed by atoms with Gasteiger partial charge >= 0.3 is 11.9 Å². The zero-order valence-corrected chi connectivity index (χ0v) is 64.3. The fourth-order valence-electron chi connectivity index (χ4n) is 11.0. The van der Waals surface area contributed by atoms with Crippen LogP contribution in [0.15, 0.2) is 48.5 Å². The molecule has 1 aliphatic rings. The van der Waals surface area contributed by atoms with Gasteiger partial charge < -0.3 is 138 Å². The summed E-state index contributed by atoms with van der Waals surface area (Å²) in [5.74, 6) is -22.2. The molecule has 0 aromatic heterocycles.